The zero-order valence-electron chi connectivity index (χ0n) is 15.0. The highest BCUT2D eigenvalue weighted by Crippen LogP contribution is 2.20. The number of aliphatic hydroxyl groups is 1. The van der Waals surface area contributed by atoms with Crippen LogP contribution in [0, 0.1) is 5.92 Å². The molecule has 144 valence electrons. The van der Waals surface area contributed by atoms with Crippen LogP contribution >= 0.6 is 24.8 Å². The number of rotatable bonds is 6. The number of hydrogen-bond acceptors (Lipinski definition) is 4. The summed E-state index contributed by atoms with van der Waals surface area (Å²) >= 11 is 0. The Morgan fingerprint density at radius 3 is 2.36 bits per heavy atom. The number of carbonyl (C=O) groups excluding carboxylic acids is 1. The minimum absolute atomic E-state index is 0. The van der Waals surface area contributed by atoms with Crippen LogP contribution in [-0.4, -0.2) is 47.6 Å². The maximum Gasteiger partial charge on any atom is 0.239 e. The molecule has 0 radical (unpaired) electrons. The quantitative estimate of drug-likeness (QED) is 0.693. The van der Waals surface area contributed by atoms with Gasteiger partial charge in [-0.05, 0) is 51.3 Å². The largest absolute Gasteiger partial charge is 0.387 e. The molecule has 2 rings (SSSR count). The molecule has 0 aromatic heterocycles. The molecule has 1 aliphatic rings. The van der Waals surface area contributed by atoms with Gasteiger partial charge in [-0.25, -0.2) is 0 Å². The number of nitrogens with zero attached hydrogens (tertiary/aromatic N) is 1. The first-order valence-corrected chi connectivity index (χ1v) is 8.39. The van der Waals surface area contributed by atoms with Crippen molar-refractivity contribution in [2.24, 2.45) is 11.7 Å². The van der Waals surface area contributed by atoms with Crippen molar-refractivity contribution in [2.75, 3.05) is 26.2 Å². The van der Waals surface area contributed by atoms with Gasteiger partial charge in [-0.15, -0.1) is 24.8 Å². The molecule has 0 bridgehead atoms. The second-order valence-electron chi connectivity index (χ2n) is 7.10. The number of hydrogen-bond donors (Lipinski definition) is 3. The summed E-state index contributed by atoms with van der Waals surface area (Å²) in [6.45, 7) is 6.70. The molecule has 1 aromatic carbocycles. The van der Waals surface area contributed by atoms with E-state index in [-0.39, 0.29) is 30.7 Å². The number of β-amino-alcohol motifs (C(OH)–C–C–N with tert-alkyl or cyclic N) is 1. The van der Waals surface area contributed by atoms with E-state index in [1.807, 2.05) is 30.3 Å². The van der Waals surface area contributed by atoms with E-state index in [1.165, 1.54) is 0 Å². The number of piperidine rings is 1. The first-order chi connectivity index (χ1) is 10.9. The van der Waals surface area contributed by atoms with Crippen LogP contribution in [0.25, 0.3) is 0 Å². The summed E-state index contributed by atoms with van der Waals surface area (Å²) in [5.74, 6) is 0.394. The molecule has 1 atom stereocenters. The minimum Gasteiger partial charge on any atom is -0.387 e. The minimum atomic E-state index is -0.819. The lowest BCUT2D eigenvalue weighted by molar-refractivity contribution is -0.125. The fourth-order valence-electron chi connectivity index (χ4n) is 2.86. The van der Waals surface area contributed by atoms with Crippen LogP contribution < -0.4 is 11.1 Å². The number of benzene rings is 1. The van der Waals surface area contributed by atoms with Gasteiger partial charge in [0.1, 0.15) is 0 Å². The average Bonchev–Trinajstić information content (AvgIpc) is 2.53. The van der Waals surface area contributed by atoms with Gasteiger partial charge in [0, 0.05) is 13.1 Å². The van der Waals surface area contributed by atoms with Gasteiger partial charge in [-0.1, -0.05) is 30.3 Å². The van der Waals surface area contributed by atoms with Gasteiger partial charge in [0.2, 0.25) is 5.91 Å². The topological polar surface area (TPSA) is 78.6 Å². The van der Waals surface area contributed by atoms with Crippen molar-refractivity contribution in [3.63, 3.8) is 0 Å². The Kier molecular flexibility index (Phi) is 10.6. The summed E-state index contributed by atoms with van der Waals surface area (Å²) in [4.78, 5) is 14.1. The summed E-state index contributed by atoms with van der Waals surface area (Å²) < 4.78 is 0. The molecular formula is C18H31Cl2N3O2. The van der Waals surface area contributed by atoms with Gasteiger partial charge in [-0.2, -0.15) is 0 Å². The molecule has 5 nitrogen and oxygen atoms in total. The lowest BCUT2D eigenvalue weighted by Crippen LogP contribution is -2.50. The summed E-state index contributed by atoms with van der Waals surface area (Å²) in [6.07, 6.45) is 1.63. The molecule has 1 heterocycles. The highest BCUT2D eigenvalue weighted by atomic mass is 35.5. The fourth-order valence-corrected chi connectivity index (χ4v) is 2.86. The van der Waals surface area contributed by atoms with Crippen molar-refractivity contribution in [3.05, 3.63) is 35.9 Å². The second kappa shape index (κ2) is 11.0. The smallest absolute Gasteiger partial charge is 0.239 e. The van der Waals surface area contributed by atoms with Crippen LogP contribution in [-0.2, 0) is 4.79 Å². The van der Waals surface area contributed by atoms with Gasteiger partial charge in [-0.3, -0.25) is 4.79 Å². The number of nitrogens with one attached hydrogen (secondary N) is 1. The molecule has 1 aliphatic heterocycles. The van der Waals surface area contributed by atoms with Gasteiger partial charge in [0.25, 0.3) is 0 Å². The number of halogens is 2. The summed E-state index contributed by atoms with van der Waals surface area (Å²) in [6, 6.07) is 9.78. The Morgan fingerprint density at radius 1 is 1.28 bits per heavy atom. The van der Waals surface area contributed by atoms with E-state index in [0.717, 1.165) is 31.5 Å². The maximum atomic E-state index is 11.8. The summed E-state index contributed by atoms with van der Waals surface area (Å²) in [5, 5.41) is 13.2. The van der Waals surface area contributed by atoms with Crippen molar-refractivity contribution in [3.8, 4) is 0 Å². The summed E-state index contributed by atoms with van der Waals surface area (Å²) in [5.41, 5.74) is 5.92. The van der Waals surface area contributed by atoms with Crippen LogP contribution in [0.5, 0.6) is 0 Å². The van der Waals surface area contributed by atoms with Crippen LogP contribution in [0.1, 0.15) is 38.4 Å². The van der Waals surface area contributed by atoms with E-state index in [4.69, 9.17) is 5.73 Å². The Morgan fingerprint density at radius 2 is 1.84 bits per heavy atom. The second-order valence-corrected chi connectivity index (χ2v) is 7.10. The Hall–Kier alpha value is -0.850. The van der Waals surface area contributed by atoms with Crippen molar-refractivity contribution in [1.29, 1.82) is 0 Å². The third-order valence-corrected chi connectivity index (χ3v) is 4.46. The molecule has 1 saturated heterocycles. The molecule has 0 saturated carbocycles. The third-order valence-electron chi connectivity index (χ3n) is 4.46. The molecule has 1 fully saturated rings. The zero-order chi connectivity index (χ0) is 16.9. The molecule has 0 aliphatic carbocycles. The lowest BCUT2D eigenvalue weighted by atomic mass is 9.95. The Bertz CT molecular complexity index is 501. The van der Waals surface area contributed by atoms with Gasteiger partial charge >= 0.3 is 0 Å². The number of aliphatic hydroxyl groups excluding tert-OH is 1. The number of likely N-dealkylation sites (tertiary alicyclic amines) is 1. The number of nitrogens with two attached hydrogens (primary N) is 1. The van der Waals surface area contributed by atoms with E-state index < -0.39 is 11.6 Å². The monoisotopic (exact) mass is 391 g/mol. The lowest BCUT2D eigenvalue weighted by Gasteiger charge is -2.33. The van der Waals surface area contributed by atoms with Crippen molar-refractivity contribution in [1.82, 2.24) is 10.2 Å². The van der Waals surface area contributed by atoms with E-state index >= 15 is 0 Å². The highest BCUT2D eigenvalue weighted by Gasteiger charge is 2.25. The Labute approximate surface area is 163 Å². The summed E-state index contributed by atoms with van der Waals surface area (Å²) in [7, 11) is 0. The molecule has 0 spiro atoms. The predicted octanol–water partition coefficient (Wildman–Crippen LogP) is 2.13. The number of carbonyl (C=O) groups is 1. The molecule has 7 heteroatoms. The zero-order valence-corrected chi connectivity index (χ0v) is 16.6. The molecule has 25 heavy (non-hydrogen) atoms. The molecule has 1 amide bonds. The maximum absolute atomic E-state index is 11.8. The fraction of sp³-hybridized carbons (Fsp3) is 0.611. The standard InChI is InChI=1S/C18H29N3O2.2ClH/c1-18(2,19)17(23)20-12-14-8-10-21(11-9-14)13-16(22)15-6-4-3-5-7-15;;/h3-7,14,16,22H,8-13,19H2,1-2H3,(H,20,23);2*1H. The van der Waals surface area contributed by atoms with Crippen LogP contribution in [0.4, 0.5) is 0 Å². The SMILES string of the molecule is CC(C)(N)C(=O)NCC1CCN(CC(O)c2ccccc2)CC1.Cl.Cl. The van der Waals surface area contributed by atoms with E-state index in [2.05, 4.69) is 10.2 Å². The van der Waals surface area contributed by atoms with Gasteiger partial charge in [0.15, 0.2) is 0 Å². The van der Waals surface area contributed by atoms with E-state index in [0.29, 0.717) is 19.0 Å². The van der Waals surface area contributed by atoms with Crippen LogP contribution in [0.15, 0.2) is 30.3 Å². The van der Waals surface area contributed by atoms with Crippen LogP contribution in [0.2, 0.25) is 0 Å². The Balaban J connectivity index is 0.00000288. The highest BCUT2D eigenvalue weighted by molar-refractivity contribution is 5.85. The molecule has 4 N–H and O–H groups in total. The van der Waals surface area contributed by atoms with Crippen molar-refractivity contribution >= 4 is 30.7 Å². The van der Waals surface area contributed by atoms with E-state index in [9.17, 15) is 9.90 Å². The normalized spacial score (nSPS) is 17.1. The first-order valence-electron chi connectivity index (χ1n) is 8.39. The molecular weight excluding hydrogens is 361 g/mol. The van der Waals surface area contributed by atoms with Crippen molar-refractivity contribution in [2.45, 2.75) is 38.3 Å². The van der Waals surface area contributed by atoms with Gasteiger partial charge in [0.05, 0.1) is 11.6 Å². The van der Waals surface area contributed by atoms with Crippen molar-refractivity contribution < 1.29 is 9.90 Å². The molecule has 1 unspecified atom stereocenters. The van der Waals surface area contributed by atoms with Crippen LogP contribution in [0.3, 0.4) is 0 Å². The van der Waals surface area contributed by atoms with Gasteiger partial charge < -0.3 is 21.1 Å². The average molecular weight is 392 g/mol. The first kappa shape index (κ1) is 24.1. The third kappa shape index (κ3) is 7.92. The molecule has 1 aromatic rings. The predicted molar refractivity (Wildman–Crippen MR) is 106 cm³/mol. The number of amides is 1. The van der Waals surface area contributed by atoms with E-state index in [1.54, 1.807) is 13.8 Å².